The predicted molar refractivity (Wildman–Crippen MR) is 141 cm³/mol. The Hall–Kier alpha value is -2.34. The number of unbranched alkanes of at least 4 members (excludes halogenated alkanes) is 1. The summed E-state index contributed by atoms with van der Waals surface area (Å²) in [6, 6.07) is 8.63. The minimum absolute atomic E-state index is 0.172. The molecule has 192 valence electrons. The standard InChI is InChI=1S/C29H43N3O3/c1-5-6-8-23-19-24-9-7-14-30-27(24)26(20-23)34-25-12-15-31(16-13-25)21-22-10-17-32(18-11-22)28(33)35-29(2,3)4/h7,9,14,19-20,22,25H,5-6,8,10-13,15-18,21H2,1-4H3. The first-order chi connectivity index (χ1) is 16.8. The SMILES string of the molecule is CCCCc1cc(OC2CCN(CC3CCN(C(=O)OC(C)(C)C)CC3)CC2)c2ncccc2c1. The number of likely N-dealkylation sites (tertiary alicyclic amines) is 2. The van der Waals surface area contributed by atoms with Crippen LogP contribution in [0.3, 0.4) is 0 Å². The van der Waals surface area contributed by atoms with Gasteiger partial charge in [-0.05, 0) is 89.0 Å². The molecule has 6 nitrogen and oxygen atoms in total. The maximum atomic E-state index is 12.3. The maximum Gasteiger partial charge on any atom is 0.410 e. The summed E-state index contributed by atoms with van der Waals surface area (Å²) in [7, 11) is 0. The Kier molecular flexibility index (Phi) is 8.53. The van der Waals surface area contributed by atoms with Crippen molar-refractivity contribution in [1.82, 2.24) is 14.8 Å². The molecule has 2 saturated heterocycles. The molecule has 4 rings (SSSR count). The van der Waals surface area contributed by atoms with Crippen LogP contribution in [-0.4, -0.2) is 65.3 Å². The van der Waals surface area contributed by atoms with Gasteiger partial charge < -0.3 is 19.3 Å². The summed E-state index contributed by atoms with van der Waals surface area (Å²) in [4.78, 5) is 21.4. The summed E-state index contributed by atoms with van der Waals surface area (Å²) in [5.74, 6) is 1.59. The van der Waals surface area contributed by atoms with Crippen molar-refractivity contribution in [2.45, 2.75) is 84.3 Å². The van der Waals surface area contributed by atoms with E-state index in [1.54, 1.807) is 0 Å². The Morgan fingerprint density at radius 3 is 2.51 bits per heavy atom. The van der Waals surface area contributed by atoms with Gasteiger partial charge in [0.1, 0.15) is 23.0 Å². The van der Waals surface area contributed by atoms with Gasteiger partial charge in [-0.2, -0.15) is 0 Å². The van der Waals surface area contributed by atoms with Crippen molar-refractivity contribution in [2.24, 2.45) is 5.92 Å². The molecule has 0 unspecified atom stereocenters. The molecule has 1 amide bonds. The van der Waals surface area contributed by atoms with E-state index in [-0.39, 0.29) is 12.2 Å². The fraction of sp³-hybridized carbons (Fsp3) is 0.655. The lowest BCUT2D eigenvalue weighted by atomic mass is 9.95. The first kappa shape index (κ1) is 25.7. The quantitative estimate of drug-likeness (QED) is 0.481. The molecule has 2 fully saturated rings. The van der Waals surface area contributed by atoms with Crippen molar-refractivity contribution in [1.29, 1.82) is 0 Å². The number of ether oxygens (including phenoxy) is 2. The lowest BCUT2D eigenvalue weighted by Gasteiger charge is -2.38. The number of hydrogen-bond acceptors (Lipinski definition) is 5. The van der Waals surface area contributed by atoms with Crippen molar-refractivity contribution in [2.75, 3.05) is 32.7 Å². The molecule has 0 spiro atoms. The summed E-state index contributed by atoms with van der Waals surface area (Å²) < 4.78 is 12.1. The summed E-state index contributed by atoms with van der Waals surface area (Å²) in [6.07, 6.45) is 9.60. The first-order valence-electron chi connectivity index (χ1n) is 13.6. The molecule has 0 saturated carbocycles. The van der Waals surface area contributed by atoms with Crippen LogP contribution < -0.4 is 4.74 Å². The molecule has 1 aromatic carbocycles. The Labute approximate surface area is 211 Å². The van der Waals surface area contributed by atoms with E-state index in [1.165, 1.54) is 23.8 Å². The number of aryl methyl sites for hydroxylation is 1. The molecular formula is C29H43N3O3. The van der Waals surface area contributed by atoms with E-state index in [4.69, 9.17) is 9.47 Å². The average molecular weight is 482 g/mol. The van der Waals surface area contributed by atoms with Crippen LogP contribution in [-0.2, 0) is 11.2 Å². The fourth-order valence-electron chi connectivity index (χ4n) is 5.21. The van der Waals surface area contributed by atoms with Crippen LogP contribution in [0.1, 0.15) is 71.8 Å². The summed E-state index contributed by atoms with van der Waals surface area (Å²) in [5, 5.41) is 1.17. The highest BCUT2D eigenvalue weighted by Crippen LogP contribution is 2.30. The molecule has 0 atom stereocenters. The number of carbonyl (C=O) groups is 1. The van der Waals surface area contributed by atoms with Crippen LogP contribution in [0.15, 0.2) is 30.5 Å². The van der Waals surface area contributed by atoms with E-state index < -0.39 is 5.60 Å². The molecular weight excluding hydrogens is 438 g/mol. The number of piperidine rings is 2. The van der Waals surface area contributed by atoms with Crippen LogP contribution in [0.25, 0.3) is 10.9 Å². The molecule has 0 bridgehead atoms. The van der Waals surface area contributed by atoms with Gasteiger partial charge in [0, 0.05) is 44.3 Å². The predicted octanol–water partition coefficient (Wildman–Crippen LogP) is 6.07. The van der Waals surface area contributed by atoms with Crippen LogP contribution in [0.4, 0.5) is 4.79 Å². The molecule has 0 aliphatic carbocycles. The van der Waals surface area contributed by atoms with E-state index >= 15 is 0 Å². The second-order valence-corrected chi connectivity index (χ2v) is 11.3. The van der Waals surface area contributed by atoms with Crippen LogP contribution >= 0.6 is 0 Å². The van der Waals surface area contributed by atoms with Gasteiger partial charge in [0.2, 0.25) is 0 Å². The number of amides is 1. The highest BCUT2D eigenvalue weighted by atomic mass is 16.6. The number of aromatic nitrogens is 1. The van der Waals surface area contributed by atoms with Crippen LogP contribution in [0, 0.1) is 5.92 Å². The van der Waals surface area contributed by atoms with E-state index in [1.807, 2.05) is 37.9 Å². The maximum absolute atomic E-state index is 12.3. The van der Waals surface area contributed by atoms with Gasteiger partial charge in [0.05, 0.1) is 0 Å². The fourth-order valence-corrected chi connectivity index (χ4v) is 5.21. The Morgan fingerprint density at radius 2 is 1.83 bits per heavy atom. The second kappa shape index (κ2) is 11.6. The molecule has 0 radical (unpaired) electrons. The van der Waals surface area contributed by atoms with E-state index in [2.05, 4.69) is 35.0 Å². The topological polar surface area (TPSA) is 54.9 Å². The van der Waals surface area contributed by atoms with Gasteiger partial charge in [-0.25, -0.2) is 4.79 Å². The molecule has 2 aliphatic heterocycles. The van der Waals surface area contributed by atoms with Crippen molar-refractivity contribution in [3.05, 3.63) is 36.0 Å². The number of hydrogen-bond donors (Lipinski definition) is 0. The van der Waals surface area contributed by atoms with Gasteiger partial charge in [0.25, 0.3) is 0 Å². The number of fused-ring (bicyclic) bond motifs is 1. The molecule has 2 aromatic rings. The van der Waals surface area contributed by atoms with Crippen LogP contribution in [0.2, 0.25) is 0 Å². The Bertz CT molecular complexity index is 971. The van der Waals surface area contributed by atoms with Gasteiger partial charge in [-0.1, -0.05) is 19.4 Å². The lowest BCUT2D eigenvalue weighted by molar-refractivity contribution is 0.0156. The second-order valence-electron chi connectivity index (χ2n) is 11.3. The summed E-state index contributed by atoms with van der Waals surface area (Å²) in [6.45, 7) is 12.9. The van der Waals surface area contributed by atoms with E-state index in [0.717, 1.165) is 76.1 Å². The van der Waals surface area contributed by atoms with Crippen molar-refractivity contribution >= 4 is 17.0 Å². The van der Waals surface area contributed by atoms with Gasteiger partial charge in [0.15, 0.2) is 0 Å². The number of rotatable bonds is 7. The third-order valence-electron chi connectivity index (χ3n) is 7.16. The van der Waals surface area contributed by atoms with Gasteiger partial charge >= 0.3 is 6.09 Å². The Balaban J connectivity index is 1.26. The number of nitrogens with zero attached hydrogens (tertiary/aromatic N) is 3. The van der Waals surface area contributed by atoms with E-state index in [9.17, 15) is 4.79 Å². The van der Waals surface area contributed by atoms with Crippen LogP contribution in [0.5, 0.6) is 5.75 Å². The van der Waals surface area contributed by atoms with E-state index in [0.29, 0.717) is 5.92 Å². The number of carbonyl (C=O) groups excluding carboxylic acids is 1. The summed E-state index contributed by atoms with van der Waals surface area (Å²) in [5.41, 5.74) is 1.89. The van der Waals surface area contributed by atoms with Gasteiger partial charge in [-0.15, -0.1) is 0 Å². The number of benzene rings is 1. The molecule has 2 aliphatic rings. The summed E-state index contributed by atoms with van der Waals surface area (Å²) >= 11 is 0. The normalized spacial score (nSPS) is 18.7. The zero-order valence-corrected chi connectivity index (χ0v) is 22.1. The van der Waals surface area contributed by atoms with Crippen molar-refractivity contribution in [3.63, 3.8) is 0 Å². The number of pyridine rings is 1. The third kappa shape index (κ3) is 7.33. The van der Waals surface area contributed by atoms with Crippen molar-refractivity contribution < 1.29 is 14.3 Å². The van der Waals surface area contributed by atoms with Gasteiger partial charge in [-0.3, -0.25) is 4.98 Å². The smallest absolute Gasteiger partial charge is 0.410 e. The highest BCUT2D eigenvalue weighted by molar-refractivity contribution is 5.85. The minimum atomic E-state index is -0.431. The molecule has 35 heavy (non-hydrogen) atoms. The third-order valence-corrected chi connectivity index (χ3v) is 7.16. The highest BCUT2D eigenvalue weighted by Gasteiger charge is 2.29. The Morgan fingerprint density at radius 1 is 1.09 bits per heavy atom. The minimum Gasteiger partial charge on any atom is -0.488 e. The zero-order chi connectivity index (χ0) is 24.8. The average Bonchev–Trinajstić information content (AvgIpc) is 2.83. The van der Waals surface area contributed by atoms with Crippen molar-refractivity contribution in [3.8, 4) is 5.75 Å². The molecule has 1 aromatic heterocycles. The zero-order valence-electron chi connectivity index (χ0n) is 22.1. The lowest BCUT2D eigenvalue weighted by Crippen LogP contribution is -2.45. The molecule has 3 heterocycles. The largest absolute Gasteiger partial charge is 0.488 e. The molecule has 6 heteroatoms. The molecule has 0 N–H and O–H groups in total. The first-order valence-corrected chi connectivity index (χ1v) is 13.6. The monoisotopic (exact) mass is 481 g/mol.